The number of ether oxygens (including phenoxy) is 1. The Morgan fingerprint density at radius 2 is 1.76 bits per heavy atom. The zero-order valence-corrected chi connectivity index (χ0v) is 13.4. The van der Waals surface area contributed by atoms with Gasteiger partial charge in [-0.05, 0) is 42.8 Å². The van der Waals surface area contributed by atoms with Crippen LogP contribution in [0.4, 0.5) is 10.5 Å². The van der Waals surface area contributed by atoms with Gasteiger partial charge in [0, 0.05) is 12.4 Å². The van der Waals surface area contributed by atoms with Crippen molar-refractivity contribution in [1.82, 2.24) is 10.3 Å². The van der Waals surface area contributed by atoms with Gasteiger partial charge in [0.15, 0.2) is 0 Å². The molecule has 2 aromatic rings. The number of barbiturate groups is 1. The summed E-state index contributed by atoms with van der Waals surface area (Å²) in [5.74, 6) is -0.722. The molecule has 1 aromatic heterocycles. The summed E-state index contributed by atoms with van der Waals surface area (Å²) >= 11 is 0. The van der Waals surface area contributed by atoms with Crippen molar-refractivity contribution in [3.63, 3.8) is 0 Å². The Hall–Kier alpha value is -3.48. The van der Waals surface area contributed by atoms with Crippen molar-refractivity contribution in [2.75, 3.05) is 11.5 Å². The highest BCUT2D eigenvalue weighted by molar-refractivity contribution is 6.39. The van der Waals surface area contributed by atoms with E-state index in [0.29, 0.717) is 23.6 Å². The molecule has 1 aliphatic rings. The van der Waals surface area contributed by atoms with Crippen molar-refractivity contribution in [1.29, 1.82) is 0 Å². The van der Waals surface area contributed by atoms with E-state index < -0.39 is 17.8 Å². The molecule has 0 bridgehead atoms. The van der Waals surface area contributed by atoms with Crippen LogP contribution < -0.4 is 15.0 Å². The first-order valence-corrected chi connectivity index (χ1v) is 7.64. The van der Waals surface area contributed by atoms with Crippen molar-refractivity contribution < 1.29 is 19.1 Å². The van der Waals surface area contributed by atoms with Gasteiger partial charge < -0.3 is 4.74 Å². The minimum absolute atomic E-state index is 0.124. The molecule has 1 aliphatic heterocycles. The maximum absolute atomic E-state index is 12.7. The summed E-state index contributed by atoms with van der Waals surface area (Å²) in [4.78, 5) is 41.5. The summed E-state index contributed by atoms with van der Waals surface area (Å²) < 4.78 is 5.36. The second kappa shape index (κ2) is 6.96. The molecule has 126 valence electrons. The highest BCUT2D eigenvalue weighted by atomic mass is 16.5. The predicted molar refractivity (Wildman–Crippen MR) is 90.8 cm³/mol. The van der Waals surface area contributed by atoms with E-state index >= 15 is 0 Å². The highest BCUT2D eigenvalue weighted by Gasteiger charge is 2.36. The van der Waals surface area contributed by atoms with Crippen molar-refractivity contribution in [2.45, 2.75) is 6.92 Å². The van der Waals surface area contributed by atoms with Gasteiger partial charge in [-0.1, -0.05) is 12.1 Å². The Balaban J connectivity index is 1.93. The van der Waals surface area contributed by atoms with Gasteiger partial charge in [-0.25, -0.2) is 9.69 Å². The number of nitrogens with one attached hydrogen (secondary N) is 1. The third-order valence-corrected chi connectivity index (χ3v) is 3.52. The van der Waals surface area contributed by atoms with Crippen molar-refractivity contribution in [3.05, 3.63) is 59.9 Å². The molecule has 1 aromatic carbocycles. The van der Waals surface area contributed by atoms with E-state index in [1.807, 2.05) is 6.92 Å². The van der Waals surface area contributed by atoms with Crippen LogP contribution in [-0.4, -0.2) is 29.4 Å². The molecule has 1 saturated heterocycles. The third kappa shape index (κ3) is 3.40. The fraction of sp³-hybridized carbons (Fsp3) is 0.111. The fourth-order valence-corrected chi connectivity index (χ4v) is 2.38. The fourth-order valence-electron chi connectivity index (χ4n) is 2.38. The molecule has 25 heavy (non-hydrogen) atoms. The molecule has 0 unspecified atom stereocenters. The second-order valence-electron chi connectivity index (χ2n) is 5.17. The number of nitrogens with zero attached hydrogens (tertiary/aromatic N) is 2. The standard InChI is InChI=1S/C18H15N3O4/c1-2-25-14-5-3-12(4-6-14)11-15-16(22)20-18(24)21(17(15)23)13-7-9-19-10-8-13/h3-11H,2H2,1H3,(H,20,22,24)/b15-11+. The number of aromatic nitrogens is 1. The van der Waals surface area contributed by atoms with E-state index in [9.17, 15) is 14.4 Å². The van der Waals surface area contributed by atoms with Gasteiger partial charge in [0.1, 0.15) is 11.3 Å². The van der Waals surface area contributed by atoms with Gasteiger partial charge >= 0.3 is 6.03 Å². The quantitative estimate of drug-likeness (QED) is 0.682. The number of carbonyl (C=O) groups excluding carboxylic acids is 3. The van der Waals surface area contributed by atoms with Crippen LogP contribution in [0.1, 0.15) is 12.5 Å². The molecule has 0 atom stereocenters. The number of hydrogen-bond donors (Lipinski definition) is 1. The number of benzene rings is 1. The lowest BCUT2D eigenvalue weighted by Crippen LogP contribution is -2.54. The van der Waals surface area contributed by atoms with Crippen molar-refractivity contribution in [3.8, 4) is 5.75 Å². The zero-order valence-electron chi connectivity index (χ0n) is 13.4. The van der Waals surface area contributed by atoms with Crippen LogP contribution in [0.5, 0.6) is 5.75 Å². The van der Waals surface area contributed by atoms with Crippen molar-refractivity contribution >= 4 is 29.6 Å². The largest absolute Gasteiger partial charge is 0.494 e. The number of hydrogen-bond acceptors (Lipinski definition) is 5. The molecule has 1 N–H and O–H groups in total. The number of anilines is 1. The van der Waals surface area contributed by atoms with Gasteiger partial charge in [0.2, 0.25) is 0 Å². The van der Waals surface area contributed by atoms with Gasteiger partial charge in [0.25, 0.3) is 11.8 Å². The Labute approximate surface area is 143 Å². The Bertz CT molecular complexity index is 844. The number of carbonyl (C=O) groups is 3. The van der Waals surface area contributed by atoms with Gasteiger partial charge in [-0.3, -0.25) is 19.9 Å². The average Bonchev–Trinajstić information content (AvgIpc) is 2.61. The molecule has 2 heterocycles. The zero-order chi connectivity index (χ0) is 17.8. The van der Waals surface area contributed by atoms with Crippen LogP contribution >= 0.6 is 0 Å². The topological polar surface area (TPSA) is 88.6 Å². The molecular weight excluding hydrogens is 322 g/mol. The Kier molecular flexibility index (Phi) is 4.56. The first kappa shape index (κ1) is 16.4. The lowest BCUT2D eigenvalue weighted by Gasteiger charge is -2.26. The Morgan fingerprint density at radius 3 is 2.40 bits per heavy atom. The van der Waals surface area contributed by atoms with Crippen LogP contribution in [0.3, 0.4) is 0 Å². The highest BCUT2D eigenvalue weighted by Crippen LogP contribution is 2.21. The van der Waals surface area contributed by atoms with E-state index in [2.05, 4.69) is 10.3 Å². The molecule has 0 aliphatic carbocycles. The van der Waals surface area contributed by atoms with Gasteiger partial charge in [0.05, 0.1) is 12.3 Å². The van der Waals surface area contributed by atoms with E-state index in [-0.39, 0.29) is 5.57 Å². The molecule has 0 saturated carbocycles. The smallest absolute Gasteiger partial charge is 0.335 e. The van der Waals surface area contributed by atoms with Crippen LogP contribution in [0.25, 0.3) is 6.08 Å². The van der Waals surface area contributed by atoms with E-state index in [4.69, 9.17) is 4.74 Å². The predicted octanol–water partition coefficient (Wildman–Crippen LogP) is 2.15. The minimum Gasteiger partial charge on any atom is -0.494 e. The van der Waals surface area contributed by atoms with Gasteiger partial charge in [-0.15, -0.1) is 0 Å². The number of pyridine rings is 1. The molecule has 4 amide bonds. The van der Waals surface area contributed by atoms with E-state index in [0.717, 1.165) is 4.90 Å². The normalized spacial score (nSPS) is 16.1. The first-order chi connectivity index (χ1) is 12.1. The van der Waals surface area contributed by atoms with E-state index in [1.54, 1.807) is 24.3 Å². The van der Waals surface area contributed by atoms with Gasteiger partial charge in [-0.2, -0.15) is 0 Å². The lowest BCUT2D eigenvalue weighted by molar-refractivity contribution is -0.122. The van der Waals surface area contributed by atoms with E-state index in [1.165, 1.54) is 30.6 Å². The maximum atomic E-state index is 12.7. The molecule has 7 heteroatoms. The third-order valence-electron chi connectivity index (χ3n) is 3.52. The summed E-state index contributed by atoms with van der Waals surface area (Å²) in [5, 5.41) is 2.17. The maximum Gasteiger partial charge on any atom is 0.335 e. The van der Waals surface area contributed by atoms with Crippen LogP contribution in [0.15, 0.2) is 54.4 Å². The first-order valence-electron chi connectivity index (χ1n) is 7.64. The molecule has 7 nitrogen and oxygen atoms in total. The molecular formula is C18H15N3O4. The van der Waals surface area contributed by atoms with Crippen LogP contribution in [-0.2, 0) is 9.59 Å². The summed E-state index contributed by atoms with van der Waals surface area (Å²) in [6, 6.07) is 9.19. The number of rotatable bonds is 4. The van der Waals surface area contributed by atoms with Crippen LogP contribution in [0.2, 0.25) is 0 Å². The monoisotopic (exact) mass is 337 g/mol. The molecule has 0 radical (unpaired) electrons. The number of amides is 4. The lowest BCUT2D eigenvalue weighted by atomic mass is 10.1. The summed E-state index contributed by atoms with van der Waals surface area (Å²) in [6.07, 6.45) is 4.36. The van der Waals surface area contributed by atoms with Crippen LogP contribution in [0, 0.1) is 0 Å². The molecule has 0 spiro atoms. The second-order valence-corrected chi connectivity index (χ2v) is 5.17. The number of urea groups is 1. The Morgan fingerprint density at radius 1 is 1.08 bits per heavy atom. The SMILES string of the molecule is CCOc1ccc(/C=C2\C(=O)NC(=O)N(c3ccncc3)C2=O)cc1. The summed E-state index contributed by atoms with van der Waals surface area (Å²) in [5.41, 5.74) is 0.856. The van der Waals surface area contributed by atoms with Crippen molar-refractivity contribution in [2.24, 2.45) is 0 Å². The average molecular weight is 337 g/mol. The summed E-state index contributed by atoms with van der Waals surface area (Å²) in [6.45, 7) is 2.43. The minimum atomic E-state index is -0.787. The summed E-state index contributed by atoms with van der Waals surface area (Å²) in [7, 11) is 0. The molecule has 3 rings (SSSR count). The number of imide groups is 2. The molecule has 1 fully saturated rings.